The van der Waals surface area contributed by atoms with Crippen LogP contribution < -0.4 is 10.6 Å². The van der Waals surface area contributed by atoms with E-state index in [1.54, 1.807) is 24.3 Å². The maximum atomic E-state index is 11.4. The van der Waals surface area contributed by atoms with Crippen LogP contribution in [0.5, 0.6) is 0 Å². The summed E-state index contributed by atoms with van der Waals surface area (Å²) >= 11 is 0. The zero-order valence-corrected chi connectivity index (χ0v) is 9.95. The van der Waals surface area contributed by atoms with Crippen molar-refractivity contribution in [1.82, 2.24) is 5.32 Å². The molecule has 1 amide bonds. The van der Waals surface area contributed by atoms with Gasteiger partial charge in [-0.15, -0.1) is 0 Å². The molecule has 5 heteroatoms. The van der Waals surface area contributed by atoms with Gasteiger partial charge in [-0.2, -0.15) is 0 Å². The van der Waals surface area contributed by atoms with E-state index in [0.717, 1.165) is 6.54 Å². The van der Waals surface area contributed by atoms with Crippen LogP contribution in [0.1, 0.15) is 17.3 Å². The Bertz CT molecular complexity index is 387. The van der Waals surface area contributed by atoms with E-state index in [2.05, 4.69) is 15.4 Å². The molecule has 0 aromatic heterocycles. The molecule has 0 bridgehead atoms. The topological polar surface area (TPSA) is 67.4 Å². The second-order valence-corrected chi connectivity index (χ2v) is 3.40. The number of rotatable bonds is 5. The molecule has 0 aliphatic carbocycles. The molecule has 5 nitrogen and oxygen atoms in total. The number of hydrogen-bond donors (Lipinski definition) is 2. The number of esters is 1. The molecule has 0 spiro atoms. The Labute approximate surface area is 100 Å². The van der Waals surface area contributed by atoms with Crippen LogP contribution in [0.25, 0.3) is 0 Å². The number of hydrogen-bond acceptors (Lipinski definition) is 4. The third-order valence-electron chi connectivity index (χ3n) is 2.13. The summed E-state index contributed by atoms with van der Waals surface area (Å²) in [7, 11) is 1.33. The first-order valence-electron chi connectivity index (χ1n) is 5.36. The molecule has 2 N–H and O–H groups in total. The van der Waals surface area contributed by atoms with Crippen molar-refractivity contribution in [2.24, 2.45) is 0 Å². The number of benzene rings is 1. The summed E-state index contributed by atoms with van der Waals surface area (Å²) in [6.07, 6.45) is 0. The molecular formula is C12H16N2O3. The Morgan fingerprint density at radius 3 is 2.41 bits per heavy atom. The van der Waals surface area contributed by atoms with Crippen molar-refractivity contribution in [3.63, 3.8) is 0 Å². The Morgan fingerprint density at radius 2 is 1.88 bits per heavy atom. The van der Waals surface area contributed by atoms with Gasteiger partial charge in [-0.05, 0) is 30.8 Å². The van der Waals surface area contributed by atoms with Gasteiger partial charge in [-0.3, -0.25) is 4.79 Å². The Kier molecular flexibility index (Phi) is 5.16. The summed E-state index contributed by atoms with van der Waals surface area (Å²) in [5.74, 6) is -0.506. The van der Waals surface area contributed by atoms with Crippen LogP contribution in [0.4, 0.5) is 5.69 Å². The predicted octanol–water partition coefficient (Wildman–Crippen LogP) is 1.02. The number of ether oxygens (including phenoxy) is 1. The lowest BCUT2D eigenvalue weighted by Gasteiger charge is -2.06. The molecule has 1 aromatic rings. The normalized spacial score (nSPS) is 9.76. The maximum absolute atomic E-state index is 11.4. The molecule has 0 atom stereocenters. The van der Waals surface area contributed by atoms with Gasteiger partial charge in [-0.1, -0.05) is 6.92 Å². The van der Waals surface area contributed by atoms with Crippen molar-refractivity contribution in [1.29, 1.82) is 0 Å². The summed E-state index contributed by atoms with van der Waals surface area (Å²) in [6, 6.07) is 6.54. The molecule has 1 aromatic carbocycles. The van der Waals surface area contributed by atoms with Gasteiger partial charge >= 0.3 is 5.97 Å². The van der Waals surface area contributed by atoms with Crippen LogP contribution in [0.2, 0.25) is 0 Å². The summed E-state index contributed by atoms with van der Waals surface area (Å²) in [5.41, 5.74) is 1.11. The number of nitrogens with one attached hydrogen (secondary N) is 2. The SMILES string of the molecule is CCNCC(=O)Nc1ccc(C(=O)OC)cc1. The Hall–Kier alpha value is -1.88. The molecule has 0 saturated carbocycles. The molecule has 0 unspecified atom stereocenters. The number of amides is 1. The van der Waals surface area contributed by atoms with Crippen molar-refractivity contribution in [3.05, 3.63) is 29.8 Å². The van der Waals surface area contributed by atoms with E-state index in [0.29, 0.717) is 11.3 Å². The average molecular weight is 236 g/mol. The van der Waals surface area contributed by atoms with Gasteiger partial charge < -0.3 is 15.4 Å². The second-order valence-electron chi connectivity index (χ2n) is 3.40. The van der Waals surface area contributed by atoms with E-state index in [-0.39, 0.29) is 12.5 Å². The van der Waals surface area contributed by atoms with Gasteiger partial charge in [0.25, 0.3) is 0 Å². The minimum Gasteiger partial charge on any atom is -0.465 e. The Morgan fingerprint density at radius 1 is 1.24 bits per heavy atom. The van der Waals surface area contributed by atoms with Crippen LogP contribution in [0, 0.1) is 0 Å². The fourth-order valence-corrected chi connectivity index (χ4v) is 1.25. The zero-order valence-electron chi connectivity index (χ0n) is 9.95. The van der Waals surface area contributed by atoms with E-state index in [1.165, 1.54) is 7.11 Å². The lowest BCUT2D eigenvalue weighted by atomic mass is 10.2. The smallest absolute Gasteiger partial charge is 0.337 e. The van der Waals surface area contributed by atoms with Gasteiger partial charge in [0.2, 0.25) is 5.91 Å². The number of carbonyl (C=O) groups is 2. The molecule has 0 aliphatic heterocycles. The van der Waals surface area contributed by atoms with Crippen molar-refractivity contribution in [2.75, 3.05) is 25.5 Å². The second kappa shape index (κ2) is 6.65. The summed E-state index contributed by atoms with van der Waals surface area (Å²) in [4.78, 5) is 22.5. The minimum atomic E-state index is -0.393. The highest BCUT2D eigenvalue weighted by molar-refractivity contribution is 5.93. The van der Waals surface area contributed by atoms with Crippen molar-refractivity contribution in [3.8, 4) is 0 Å². The standard InChI is InChI=1S/C12H16N2O3/c1-3-13-8-11(15)14-10-6-4-9(5-7-10)12(16)17-2/h4-7,13H,3,8H2,1-2H3,(H,14,15). The first-order chi connectivity index (χ1) is 8.17. The first-order valence-corrected chi connectivity index (χ1v) is 5.36. The van der Waals surface area contributed by atoms with Crippen LogP contribution in [-0.2, 0) is 9.53 Å². The number of anilines is 1. The third kappa shape index (κ3) is 4.24. The fourth-order valence-electron chi connectivity index (χ4n) is 1.25. The van der Waals surface area contributed by atoms with E-state index in [1.807, 2.05) is 6.92 Å². The number of likely N-dealkylation sites (N-methyl/N-ethyl adjacent to an activating group) is 1. The highest BCUT2D eigenvalue weighted by Gasteiger charge is 2.05. The van der Waals surface area contributed by atoms with E-state index >= 15 is 0 Å². The molecule has 0 aliphatic rings. The van der Waals surface area contributed by atoms with Gasteiger partial charge in [0.05, 0.1) is 19.2 Å². The largest absolute Gasteiger partial charge is 0.465 e. The predicted molar refractivity (Wildman–Crippen MR) is 65.0 cm³/mol. The molecule has 92 valence electrons. The number of carbonyl (C=O) groups excluding carboxylic acids is 2. The minimum absolute atomic E-state index is 0.113. The van der Waals surface area contributed by atoms with Crippen LogP contribution >= 0.6 is 0 Å². The zero-order chi connectivity index (χ0) is 12.7. The average Bonchev–Trinajstić information content (AvgIpc) is 2.36. The van der Waals surface area contributed by atoms with Crippen LogP contribution in [0.3, 0.4) is 0 Å². The summed E-state index contributed by atoms with van der Waals surface area (Å²) in [5, 5.41) is 5.63. The number of methoxy groups -OCH3 is 1. The summed E-state index contributed by atoms with van der Waals surface area (Å²) < 4.78 is 4.57. The quantitative estimate of drug-likeness (QED) is 0.749. The molecule has 17 heavy (non-hydrogen) atoms. The lowest BCUT2D eigenvalue weighted by Crippen LogP contribution is -2.27. The van der Waals surface area contributed by atoms with Crippen molar-refractivity contribution in [2.45, 2.75) is 6.92 Å². The van der Waals surface area contributed by atoms with E-state index < -0.39 is 5.97 Å². The van der Waals surface area contributed by atoms with Crippen molar-refractivity contribution < 1.29 is 14.3 Å². The van der Waals surface area contributed by atoms with Crippen molar-refractivity contribution >= 4 is 17.6 Å². The molecule has 0 radical (unpaired) electrons. The molecule has 0 fully saturated rings. The molecule has 0 saturated heterocycles. The molecule has 0 heterocycles. The maximum Gasteiger partial charge on any atom is 0.337 e. The summed E-state index contributed by atoms with van der Waals surface area (Å²) in [6.45, 7) is 2.95. The molecular weight excluding hydrogens is 220 g/mol. The van der Waals surface area contributed by atoms with Gasteiger partial charge in [0, 0.05) is 5.69 Å². The first kappa shape index (κ1) is 13.2. The third-order valence-corrected chi connectivity index (χ3v) is 2.13. The fraction of sp³-hybridized carbons (Fsp3) is 0.333. The monoisotopic (exact) mass is 236 g/mol. The Balaban J connectivity index is 2.56. The van der Waals surface area contributed by atoms with Gasteiger partial charge in [-0.25, -0.2) is 4.79 Å². The lowest BCUT2D eigenvalue weighted by molar-refractivity contribution is -0.115. The van der Waals surface area contributed by atoms with E-state index in [4.69, 9.17) is 0 Å². The van der Waals surface area contributed by atoms with Gasteiger partial charge in [0.1, 0.15) is 0 Å². The van der Waals surface area contributed by atoms with Gasteiger partial charge in [0.15, 0.2) is 0 Å². The van der Waals surface area contributed by atoms with E-state index in [9.17, 15) is 9.59 Å². The highest BCUT2D eigenvalue weighted by atomic mass is 16.5. The highest BCUT2D eigenvalue weighted by Crippen LogP contribution is 2.10. The van der Waals surface area contributed by atoms with Crippen LogP contribution in [-0.4, -0.2) is 32.1 Å². The van der Waals surface area contributed by atoms with Crippen LogP contribution in [0.15, 0.2) is 24.3 Å². The molecule has 1 rings (SSSR count).